The van der Waals surface area contributed by atoms with Gasteiger partial charge < -0.3 is 10.2 Å². The summed E-state index contributed by atoms with van der Waals surface area (Å²) in [6.07, 6.45) is 0. The second kappa shape index (κ2) is 2.11. The Morgan fingerprint density at radius 2 is 2.00 bits per heavy atom. The molecular weight excluding hydrogens is 184 g/mol. The molecule has 0 amide bonds. The van der Waals surface area contributed by atoms with Gasteiger partial charge in [0.25, 0.3) is 0 Å². The average Bonchev–Trinajstić information content (AvgIpc) is 2.91. The molecule has 0 bridgehead atoms. The normalized spacial score (nSPS) is 26.1. The Bertz CT molecular complexity index is 571. The van der Waals surface area contributed by atoms with Gasteiger partial charge in [0.2, 0.25) is 0 Å². The highest BCUT2D eigenvalue weighted by Gasteiger charge is 2.51. The van der Waals surface area contributed by atoms with Gasteiger partial charge in [-0.05, 0) is 24.4 Å². The van der Waals surface area contributed by atoms with Gasteiger partial charge in [0.05, 0.1) is 6.54 Å². The van der Waals surface area contributed by atoms with Crippen molar-refractivity contribution in [3.05, 3.63) is 36.4 Å². The van der Waals surface area contributed by atoms with Crippen LogP contribution in [0.2, 0.25) is 0 Å². The Kier molecular flexibility index (Phi) is 1.06. The number of nitrogens with zero attached hydrogens (tertiary/aromatic N) is 1. The highest BCUT2D eigenvalue weighted by molar-refractivity contribution is 6.07. The van der Waals surface area contributed by atoms with E-state index in [9.17, 15) is 0 Å². The summed E-state index contributed by atoms with van der Waals surface area (Å²) < 4.78 is 0. The van der Waals surface area contributed by atoms with Crippen molar-refractivity contribution in [1.82, 2.24) is 0 Å². The number of hydrogen-bond acceptors (Lipinski definition) is 2. The van der Waals surface area contributed by atoms with Gasteiger partial charge in [-0.1, -0.05) is 24.3 Å². The van der Waals surface area contributed by atoms with Gasteiger partial charge in [0, 0.05) is 16.8 Å². The predicted octanol–water partition coefficient (Wildman–Crippen LogP) is 2.80. The van der Waals surface area contributed by atoms with Gasteiger partial charge in [0.1, 0.15) is 5.66 Å². The van der Waals surface area contributed by atoms with Crippen molar-refractivity contribution in [3.63, 3.8) is 0 Å². The van der Waals surface area contributed by atoms with E-state index in [1.807, 2.05) is 0 Å². The lowest BCUT2D eigenvalue weighted by Crippen LogP contribution is -2.27. The first-order chi connectivity index (χ1) is 7.28. The fraction of sp³-hybridized carbons (Fsp3) is 0.231. The average molecular weight is 196 g/mol. The molecule has 2 aromatic carbocycles. The van der Waals surface area contributed by atoms with E-state index < -0.39 is 0 Å². The van der Waals surface area contributed by atoms with Gasteiger partial charge in [0.15, 0.2) is 0 Å². The zero-order chi connectivity index (χ0) is 10.0. The molecule has 2 aromatic rings. The number of hydrogen-bond donors (Lipinski definition) is 1. The number of rotatable bonds is 0. The Hall–Kier alpha value is -1.70. The summed E-state index contributed by atoms with van der Waals surface area (Å²) in [6, 6.07) is 13.0. The molecule has 2 heterocycles. The van der Waals surface area contributed by atoms with E-state index in [2.05, 4.69) is 53.5 Å². The minimum Gasteiger partial charge on any atom is -0.361 e. The molecule has 2 aliphatic heterocycles. The molecule has 1 atom stereocenters. The third-order valence-corrected chi connectivity index (χ3v) is 3.54. The van der Waals surface area contributed by atoms with Gasteiger partial charge >= 0.3 is 0 Å². The van der Waals surface area contributed by atoms with Crippen LogP contribution in [-0.2, 0) is 0 Å². The molecule has 0 radical (unpaired) electrons. The highest BCUT2D eigenvalue weighted by atomic mass is 15.5. The number of nitrogens with one attached hydrogen (secondary N) is 1. The topological polar surface area (TPSA) is 15.0 Å². The highest BCUT2D eigenvalue weighted by Crippen LogP contribution is 2.48. The van der Waals surface area contributed by atoms with Gasteiger partial charge in [-0.2, -0.15) is 0 Å². The van der Waals surface area contributed by atoms with E-state index in [1.165, 1.54) is 22.1 Å². The molecule has 1 saturated heterocycles. The number of anilines is 2. The molecule has 0 spiro atoms. The van der Waals surface area contributed by atoms with Crippen LogP contribution in [0.4, 0.5) is 11.4 Å². The lowest BCUT2D eigenvalue weighted by molar-refractivity contribution is 0.834. The summed E-state index contributed by atoms with van der Waals surface area (Å²) in [7, 11) is 0. The van der Waals surface area contributed by atoms with Crippen LogP contribution in [0, 0.1) is 0 Å². The van der Waals surface area contributed by atoms with Crippen LogP contribution < -0.4 is 10.2 Å². The Labute approximate surface area is 88.5 Å². The summed E-state index contributed by atoms with van der Waals surface area (Å²) in [5, 5.41) is 6.30. The van der Waals surface area contributed by atoms with E-state index >= 15 is 0 Å². The fourth-order valence-corrected chi connectivity index (χ4v) is 2.67. The molecule has 2 heteroatoms. The van der Waals surface area contributed by atoms with Crippen molar-refractivity contribution in [2.75, 3.05) is 16.8 Å². The van der Waals surface area contributed by atoms with Crippen molar-refractivity contribution >= 4 is 22.1 Å². The molecule has 4 rings (SSSR count). The van der Waals surface area contributed by atoms with Crippen molar-refractivity contribution in [2.24, 2.45) is 0 Å². The van der Waals surface area contributed by atoms with E-state index in [1.54, 1.807) is 0 Å². The summed E-state index contributed by atoms with van der Waals surface area (Å²) in [5.74, 6) is 0. The van der Waals surface area contributed by atoms with Crippen LogP contribution in [0.25, 0.3) is 10.8 Å². The second-order valence-corrected chi connectivity index (χ2v) is 4.67. The first kappa shape index (κ1) is 7.57. The quantitative estimate of drug-likeness (QED) is 0.652. The minimum atomic E-state index is 0.169. The van der Waals surface area contributed by atoms with E-state index in [4.69, 9.17) is 0 Å². The summed E-state index contributed by atoms with van der Waals surface area (Å²) in [4.78, 5) is 2.42. The van der Waals surface area contributed by atoms with Crippen LogP contribution in [0.3, 0.4) is 0 Å². The molecule has 0 saturated carbocycles. The third kappa shape index (κ3) is 0.803. The number of fused-ring (bicyclic) bond motifs is 2. The first-order valence-corrected chi connectivity index (χ1v) is 5.36. The molecule has 1 fully saturated rings. The van der Waals surface area contributed by atoms with Crippen molar-refractivity contribution in [2.45, 2.75) is 12.6 Å². The van der Waals surface area contributed by atoms with E-state index in [0.29, 0.717) is 0 Å². The van der Waals surface area contributed by atoms with Crippen LogP contribution in [-0.4, -0.2) is 12.2 Å². The Morgan fingerprint density at radius 3 is 2.87 bits per heavy atom. The van der Waals surface area contributed by atoms with Gasteiger partial charge in [-0.25, -0.2) is 0 Å². The van der Waals surface area contributed by atoms with Crippen LogP contribution in [0.15, 0.2) is 36.4 Å². The minimum absolute atomic E-state index is 0.169. The molecule has 0 aromatic heterocycles. The zero-order valence-electron chi connectivity index (χ0n) is 8.62. The van der Waals surface area contributed by atoms with E-state index in [0.717, 1.165) is 6.54 Å². The largest absolute Gasteiger partial charge is 0.361 e. The number of benzene rings is 2. The molecular formula is C13H12N2. The monoisotopic (exact) mass is 196 g/mol. The summed E-state index contributed by atoms with van der Waals surface area (Å²) in [5.41, 5.74) is 2.83. The maximum atomic E-state index is 3.60. The Balaban J connectivity index is 2.16. The van der Waals surface area contributed by atoms with Gasteiger partial charge in [-0.15, -0.1) is 0 Å². The Morgan fingerprint density at radius 1 is 1.20 bits per heavy atom. The van der Waals surface area contributed by atoms with Crippen molar-refractivity contribution in [1.29, 1.82) is 0 Å². The van der Waals surface area contributed by atoms with Crippen molar-refractivity contribution in [3.8, 4) is 0 Å². The van der Waals surface area contributed by atoms with Crippen LogP contribution in [0.1, 0.15) is 6.92 Å². The smallest absolute Gasteiger partial charge is 0.126 e. The first-order valence-electron chi connectivity index (χ1n) is 5.36. The molecule has 1 unspecified atom stereocenters. The molecule has 2 aliphatic rings. The molecule has 1 N–H and O–H groups in total. The SMILES string of the molecule is CC12CN1c1cccc3cccc(c13)N2. The zero-order valence-corrected chi connectivity index (χ0v) is 8.62. The predicted molar refractivity (Wildman–Crippen MR) is 63.3 cm³/mol. The summed E-state index contributed by atoms with van der Waals surface area (Å²) in [6.45, 7) is 3.36. The van der Waals surface area contributed by atoms with Crippen LogP contribution in [0.5, 0.6) is 0 Å². The lowest BCUT2D eigenvalue weighted by atomic mass is 10.0. The molecule has 74 valence electrons. The lowest BCUT2D eigenvalue weighted by Gasteiger charge is -2.25. The fourth-order valence-electron chi connectivity index (χ4n) is 2.67. The molecule has 0 aliphatic carbocycles. The maximum Gasteiger partial charge on any atom is 0.126 e. The standard InChI is InChI=1S/C13H12N2/c1-13-8-15(13)11-7-3-5-9-4-2-6-10(14-13)12(9)11/h2-7,14H,8H2,1H3. The van der Waals surface area contributed by atoms with Gasteiger partial charge in [-0.3, -0.25) is 0 Å². The maximum absolute atomic E-state index is 3.60. The van der Waals surface area contributed by atoms with Crippen molar-refractivity contribution < 1.29 is 0 Å². The second-order valence-electron chi connectivity index (χ2n) is 4.67. The van der Waals surface area contributed by atoms with Crippen LogP contribution >= 0.6 is 0 Å². The molecule has 15 heavy (non-hydrogen) atoms. The molecule has 2 nitrogen and oxygen atoms in total. The van der Waals surface area contributed by atoms with E-state index in [-0.39, 0.29) is 5.66 Å². The summed E-state index contributed by atoms with van der Waals surface area (Å²) >= 11 is 0. The third-order valence-electron chi connectivity index (χ3n) is 3.54.